The number of hydrogen-bond acceptors (Lipinski definition) is 5. The van der Waals surface area contributed by atoms with Gasteiger partial charge in [-0.3, -0.25) is 4.99 Å². The number of nitrogens with zero attached hydrogens (tertiary/aromatic N) is 1. The maximum atomic E-state index is 13.0. The number of alkyl halides is 2. The van der Waals surface area contributed by atoms with Crippen LogP contribution in [-0.2, 0) is 0 Å². The Balaban J connectivity index is 1.89. The number of aliphatic imine (C=N–C) groups is 1. The smallest absolute Gasteiger partial charge is 0.504 e. The molecule has 2 aromatic rings. The summed E-state index contributed by atoms with van der Waals surface area (Å²) in [4.78, 5) is 4.14. The van der Waals surface area contributed by atoms with Gasteiger partial charge in [0.2, 0.25) is 0 Å². The number of methoxy groups -OCH3 is 1. The first-order valence-corrected chi connectivity index (χ1v) is 7.18. The zero-order valence-corrected chi connectivity index (χ0v) is 13.3. The predicted octanol–water partition coefficient (Wildman–Crippen LogP) is 4.24. The summed E-state index contributed by atoms with van der Waals surface area (Å²) < 4.78 is 40.3. The molecule has 23 heavy (non-hydrogen) atoms. The molecule has 8 heteroatoms. The molecule has 0 atom stereocenters. The maximum absolute atomic E-state index is 13.0. The van der Waals surface area contributed by atoms with Crippen LogP contribution in [0.3, 0.4) is 0 Å². The van der Waals surface area contributed by atoms with E-state index in [2.05, 4.69) is 30.4 Å². The third kappa shape index (κ3) is 3.21. The number of aromatic hydroxyl groups is 1. The van der Waals surface area contributed by atoms with Crippen molar-refractivity contribution in [3.8, 4) is 23.0 Å². The van der Waals surface area contributed by atoms with E-state index >= 15 is 0 Å². The Labute approximate surface area is 138 Å². The molecule has 5 nitrogen and oxygen atoms in total. The van der Waals surface area contributed by atoms with E-state index < -0.39 is 6.29 Å². The van der Waals surface area contributed by atoms with Crippen molar-refractivity contribution >= 4 is 27.8 Å². The van der Waals surface area contributed by atoms with E-state index in [1.165, 1.54) is 31.5 Å². The Morgan fingerprint density at radius 1 is 1.22 bits per heavy atom. The van der Waals surface area contributed by atoms with E-state index in [0.717, 1.165) is 0 Å². The van der Waals surface area contributed by atoms with Crippen LogP contribution in [0.5, 0.6) is 23.0 Å². The van der Waals surface area contributed by atoms with E-state index in [1.807, 2.05) is 0 Å². The highest BCUT2D eigenvalue weighted by Crippen LogP contribution is 2.42. The van der Waals surface area contributed by atoms with E-state index in [4.69, 9.17) is 4.74 Å². The molecule has 0 saturated heterocycles. The van der Waals surface area contributed by atoms with Crippen LogP contribution in [-0.4, -0.2) is 24.7 Å². The zero-order chi connectivity index (χ0) is 16.6. The van der Waals surface area contributed by atoms with E-state index in [-0.39, 0.29) is 23.0 Å². The van der Waals surface area contributed by atoms with Gasteiger partial charge >= 0.3 is 6.29 Å². The van der Waals surface area contributed by atoms with Crippen LogP contribution in [0.2, 0.25) is 0 Å². The summed E-state index contributed by atoms with van der Waals surface area (Å²) in [5, 5.41) is 10.0. The third-order valence-electron chi connectivity index (χ3n) is 3.03. The number of rotatable bonds is 3. The molecule has 1 aliphatic rings. The van der Waals surface area contributed by atoms with Crippen LogP contribution >= 0.6 is 15.9 Å². The predicted molar refractivity (Wildman–Crippen MR) is 82.3 cm³/mol. The molecule has 1 N–H and O–H groups in total. The molecule has 0 amide bonds. The molecule has 2 aromatic carbocycles. The second-order valence-electron chi connectivity index (χ2n) is 4.60. The second-order valence-corrected chi connectivity index (χ2v) is 5.52. The molecule has 1 heterocycles. The molecule has 1 aliphatic heterocycles. The summed E-state index contributed by atoms with van der Waals surface area (Å²) in [6, 6.07) is 7.40. The Morgan fingerprint density at radius 3 is 2.70 bits per heavy atom. The number of hydrogen-bond donors (Lipinski definition) is 1. The molecule has 0 bridgehead atoms. The normalized spacial score (nSPS) is 15.1. The maximum Gasteiger partial charge on any atom is 0.586 e. The minimum Gasteiger partial charge on any atom is -0.504 e. The summed E-state index contributed by atoms with van der Waals surface area (Å²) in [5.41, 5.74) is 0.766. The van der Waals surface area contributed by atoms with Gasteiger partial charge in [-0.15, -0.1) is 8.78 Å². The lowest BCUT2D eigenvalue weighted by atomic mass is 10.2. The molecule has 0 spiro atoms. The van der Waals surface area contributed by atoms with Crippen molar-refractivity contribution in [3.05, 3.63) is 40.4 Å². The van der Waals surface area contributed by atoms with Gasteiger partial charge in [0.05, 0.1) is 12.8 Å². The highest BCUT2D eigenvalue weighted by atomic mass is 79.9. The number of halogens is 3. The van der Waals surface area contributed by atoms with Gasteiger partial charge in [-0.05, 0) is 24.3 Å². The number of phenolic OH excluding ortho intramolecular Hbond substituents is 1. The molecule has 120 valence electrons. The van der Waals surface area contributed by atoms with E-state index in [0.29, 0.717) is 15.7 Å². The van der Waals surface area contributed by atoms with Crippen molar-refractivity contribution in [2.75, 3.05) is 7.11 Å². The van der Waals surface area contributed by atoms with Gasteiger partial charge in [-0.2, -0.15) is 0 Å². The molecule has 3 rings (SSSR count). The fourth-order valence-corrected chi connectivity index (χ4v) is 2.47. The quantitative estimate of drug-likeness (QED) is 0.802. The van der Waals surface area contributed by atoms with Crippen molar-refractivity contribution in [1.82, 2.24) is 0 Å². The SMILES string of the molecule is COc1cc(Br)cc(C=Nc2ccc3c(c2)OC(F)(F)O3)c1O. The first kappa shape index (κ1) is 15.5. The lowest BCUT2D eigenvalue weighted by molar-refractivity contribution is -0.286. The summed E-state index contributed by atoms with van der Waals surface area (Å²) in [7, 11) is 1.43. The summed E-state index contributed by atoms with van der Waals surface area (Å²) in [6.45, 7) is 0. The summed E-state index contributed by atoms with van der Waals surface area (Å²) >= 11 is 3.29. The van der Waals surface area contributed by atoms with Crippen molar-refractivity contribution in [3.63, 3.8) is 0 Å². The number of fused-ring (bicyclic) bond motifs is 1. The van der Waals surface area contributed by atoms with Crippen LogP contribution < -0.4 is 14.2 Å². The van der Waals surface area contributed by atoms with Crippen molar-refractivity contribution in [2.24, 2.45) is 4.99 Å². The standard InChI is InChI=1S/C15H10BrF2NO4/c1-21-13-5-9(16)4-8(14(13)20)7-19-10-2-3-11-12(6-10)23-15(17,18)22-11/h2-7,20H,1H3. The molecule has 0 unspecified atom stereocenters. The number of benzene rings is 2. The lowest BCUT2D eigenvalue weighted by Crippen LogP contribution is -2.25. The van der Waals surface area contributed by atoms with Gasteiger partial charge in [-0.25, -0.2) is 0 Å². The Hall–Kier alpha value is -2.35. The van der Waals surface area contributed by atoms with Gasteiger partial charge < -0.3 is 19.3 Å². The lowest BCUT2D eigenvalue weighted by Gasteiger charge is -2.06. The minimum atomic E-state index is -3.67. The van der Waals surface area contributed by atoms with Crippen LogP contribution in [0, 0.1) is 0 Å². The average molecular weight is 386 g/mol. The molecule has 0 saturated carbocycles. The minimum absolute atomic E-state index is 0.0547. The monoisotopic (exact) mass is 385 g/mol. The molecular weight excluding hydrogens is 376 g/mol. The van der Waals surface area contributed by atoms with E-state index in [9.17, 15) is 13.9 Å². The largest absolute Gasteiger partial charge is 0.586 e. The summed E-state index contributed by atoms with van der Waals surface area (Å²) in [6.07, 6.45) is -2.28. The fraction of sp³-hybridized carbons (Fsp3) is 0.133. The van der Waals surface area contributed by atoms with Crippen molar-refractivity contribution in [1.29, 1.82) is 0 Å². The van der Waals surface area contributed by atoms with Crippen molar-refractivity contribution < 1.29 is 28.1 Å². The van der Waals surface area contributed by atoms with E-state index in [1.54, 1.807) is 12.1 Å². The molecular formula is C15H10BrF2NO4. The first-order chi connectivity index (χ1) is 10.9. The molecule has 0 radical (unpaired) electrons. The van der Waals surface area contributed by atoms with Crippen molar-refractivity contribution in [2.45, 2.75) is 6.29 Å². The second kappa shape index (κ2) is 5.69. The van der Waals surface area contributed by atoms with Gasteiger partial charge in [0.25, 0.3) is 0 Å². The highest BCUT2D eigenvalue weighted by molar-refractivity contribution is 9.10. The van der Waals surface area contributed by atoms with Crippen LogP contribution in [0.4, 0.5) is 14.5 Å². The fourth-order valence-electron chi connectivity index (χ4n) is 2.01. The van der Waals surface area contributed by atoms with Gasteiger partial charge in [0, 0.05) is 22.3 Å². The molecule has 0 aromatic heterocycles. The Bertz CT molecular complexity index is 795. The van der Waals surface area contributed by atoms with Gasteiger partial charge in [0.15, 0.2) is 23.0 Å². The van der Waals surface area contributed by atoms with Gasteiger partial charge in [-0.1, -0.05) is 15.9 Å². The first-order valence-electron chi connectivity index (χ1n) is 6.38. The molecule has 0 aliphatic carbocycles. The zero-order valence-electron chi connectivity index (χ0n) is 11.7. The topological polar surface area (TPSA) is 60.3 Å². The van der Waals surface area contributed by atoms with Gasteiger partial charge in [0.1, 0.15) is 0 Å². The molecule has 0 fully saturated rings. The Morgan fingerprint density at radius 2 is 1.96 bits per heavy atom. The summed E-state index contributed by atoms with van der Waals surface area (Å²) in [5.74, 6) is 0.0551. The highest BCUT2D eigenvalue weighted by Gasteiger charge is 2.43. The Kier molecular flexibility index (Phi) is 3.85. The van der Waals surface area contributed by atoms with Crippen LogP contribution in [0.25, 0.3) is 0 Å². The number of phenols is 1. The average Bonchev–Trinajstić information content (AvgIpc) is 2.80. The van der Waals surface area contributed by atoms with Crippen LogP contribution in [0.1, 0.15) is 5.56 Å². The number of ether oxygens (including phenoxy) is 3. The third-order valence-corrected chi connectivity index (χ3v) is 3.48. The van der Waals surface area contributed by atoms with Crippen LogP contribution in [0.15, 0.2) is 39.8 Å².